The number of piperidine rings is 1. The lowest BCUT2D eigenvalue weighted by molar-refractivity contribution is -0.00945. The van der Waals surface area contributed by atoms with Crippen LogP contribution in [0, 0.1) is 0 Å². The highest BCUT2D eigenvalue weighted by Crippen LogP contribution is 2.23. The Morgan fingerprint density at radius 3 is 2.55 bits per heavy atom. The van der Waals surface area contributed by atoms with Gasteiger partial charge in [0.05, 0.1) is 5.60 Å². The zero-order valence-corrected chi connectivity index (χ0v) is 6.84. The Labute approximate surface area is 67.0 Å². The first kappa shape index (κ1) is 8.68. The maximum absolute atomic E-state index is 10.1. The molecule has 0 aliphatic carbocycles. The molecular formula is C8H14NO2. The van der Waals surface area contributed by atoms with Crippen LogP contribution >= 0.6 is 0 Å². The molecule has 3 heteroatoms. The van der Waals surface area contributed by atoms with Crippen LogP contribution in [0.1, 0.15) is 19.3 Å². The molecule has 0 spiro atoms. The second-order valence-electron chi connectivity index (χ2n) is 3.35. The van der Waals surface area contributed by atoms with Crippen molar-refractivity contribution in [2.75, 3.05) is 20.1 Å². The molecule has 1 rings (SSSR count). The van der Waals surface area contributed by atoms with E-state index in [1.807, 2.05) is 7.05 Å². The average molecular weight is 156 g/mol. The van der Waals surface area contributed by atoms with Crippen LogP contribution in [-0.4, -0.2) is 42.0 Å². The molecular weight excluding hydrogens is 142 g/mol. The fourth-order valence-electron chi connectivity index (χ4n) is 1.35. The summed E-state index contributed by atoms with van der Waals surface area (Å²) in [5, 5.41) is 9.70. The molecule has 1 saturated heterocycles. The van der Waals surface area contributed by atoms with Gasteiger partial charge in [-0.25, -0.2) is 0 Å². The SMILES string of the molecule is CN1CCC(O)(C[C]=O)CC1. The van der Waals surface area contributed by atoms with E-state index in [1.165, 1.54) is 0 Å². The van der Waals surface area contributed by atoms with Crippen LogP contribution in [0.2, 0.25) is 0 Å². The van der Waals surface area contributed by atoms with Gasteiger partial charge in [0.1, 0.15) is 0 Å². The number of nitrogens with zero attached hydrogens (tertiary/aromatic N) is 1. The summed E-state index contributed by atoms with van der Waals surface area (Å²) in [5.41, 5.74) is -0.756. The van der Waals surface area contributed by atoms with E-state index >= 15 is 0 Å². The lowest BCUT2D eigenvalue weighted by Crippen LogP contribution is -2.42. The minimum atomic E-state index is -0.756. The summed E-state index contributed by atoms with van der Waals surface area (Å²) in [6.07, 6.45) is 3.33. The fraction of sp³-hybridized carbons (Fsp3) is 0.875. The summed E-state index contributed by atoms with van der Waals surface area (Å²) in [7, 11) is 2.02. The number of rotatable bonds is 2. The Morgan fingerprint density at radius 2 is 2.09 bits per heavy atom. The molecule has 0 aromatic rings. The van der Waals surface area contributed by atoms with E-state index in [2.05, 4.69) is 4.90 Å². The summed E-state index contributed by atoms with van der Waals surface area (Å²) in [6, 6.07) is 0. The van der Waals surface area contributed by atoms with E-state index in [0.29, 0.717) is 12.8 Å². The second kappa shape index (κ2) is 3.32. The van der Waals surface area contributed by atoms with Gasteiger partial charge in [-0.05, 0) is 19.9 Å². The van der Waals surface area contributed by atoms with Crippen LogP contribution in [-0.2, 0) is 4.79 Å². The van der Waals surface area contributed by atoms with E-state index in [4.69, 9.17) is 0 Å². The number of hydrogen-bond acceptors (Lipinski definition) is 3. The van der Waals surface area contributed by atoms with Crippen molar-refractivity contribution in [3.63, 3.8) is 0 Å². The molecule has 1 heterocycles. The molecule has 1 N–H and O–H groups in total. The molecule has 0 saturated carbocycles. The average Bonchev–Trinajstić information content (AvgIpc) is 1.97. The van der Waals surface area contributed by atoms with Crippen molar-refractivity contribution in [2.24, 2.45) is 0 Å². The third-order valence-electron chi connectivity index (χ3n) is 2.32. The van der Waals surface area contributed by atoms with Gasteiger partial charge >= 0.3 is 0 Å². The van der Waals surface area contributed by atoms with Gasteiger partial charge in [-0.2, -0.15) is 0 Å². The van der Waals surface area contributed by atoms with Crippen LogP contribution in [0.4, 0.5) is 0 Å². The zero-order valence-electron chi connectivity index (χ0n) is 6.84. The van der Waals surface area contributed by atoms with Crippen molar-refractivity contribution < 1.29 is 9.90 Å². The molecule has 3 nitrogen and oxygen atoms in total. The maximum Gasteiger partial charge on any atom is 0.201 e. The summed E-state index contributed by atoms with van der Waals surface area (Å²) >= 11 is 0. The van der Waals surface area contributed by atoms with Crippen molar-refractivity contribution in [3.05, 3.63) is 0 Å². The van der Waals surface area contributed by atoms with E-state index in [-0.39, 0.29) is 6.42 Å². The molecule has 1 aliphatic rings. The quantitative estimate of drug-likeness (QED) is 0.609. The summed E-state index contributed by atoms with van der Waals surface area (Å²) < 4.78 is 0. The molecule has 0 amide bonds. The van der Waals surface area contributed by atoms with E-state index in [0.717, 1.165) is 13.1 Å². The predicted molar refractivity (Wildman–Crippen MR) is 42.0 cm³/mol. The highest BCUT2D eigenvalue weighted by atomic mass is 16.3. The molecule has 1 radical (unpaired) electrons. The van der Waals surface area contributed by atoms with Crippen molar-refractivity contribution in [2.45, 2.75) is 24.9 Å². The molecule has 0 unspecified atom stereocenters. The Morgan fingerprint density at radius 1 is 1.55 bits per heavy atom. The Balaban J connectivity index is 2.41. The highest BCUT2D eigenvalue weighted by molar-refractivity contribution is 5.52. The fourth-order valence-corrected chi connectivity index (χ4v) is 1.35. The number of likely N-dealkylation sites (tertiary alicyclic amines) is 1. The van der Waals surface area contributed by atoms with Gasteiger partial charge in [0, 0.05) is 19.5 Å². The molecule has 0 aromatic carbocycles. The highest BCUT2D eigenvalue weighted by Gasteiger charge is 2.30. The standard InChI is InChI=1S/C8H14NO2/c1-9-5-2-8(11,3-6-9)4-7-10/h11H,2-6H2,1H3. The molecule has 1 fully saturated rings. The molecule has 0 aromatic heterocycles. The Bertz CT molecular complexity index is 139. The van der Waals surface area contributed by atoms with Crippen LogP contribution in [0.5, 0.6) is 0 Å². The molecule has 0 atom stereocenters. The van der Waals surface area contributed by atoms with Gasteiger partial charge in [-0.15, -0.1) is 0 Å². The lowest BCUT2D eigenvalue weighted by Gasteiger charge is -2.34. The van der Waals surface area contributed by atoms with Crippen LogP contribution in [0.25, 0.3) is 0 Å². The Kier molecular flexibility index (Phi) is 2.62. The van der Waals surface area contributed by atoms with Crippen molar-refractivity contribution in [3.8, 4) is 0 Å². The van der Waals surface area contributed by atoms with Gasteiger partial charge in [0.2, 0.25) is 6.29 Å². The topological polar surface area (TPSA) is 40.5 Å². The van der Waals surface area contributed by atoms with E-state index < -0.39 is 5.60 Å². The summed E-state index contributed by atoms with van der Waals surface area (Å²) in [4.78, 5) is 12.2. The van der Waals surface area contributed by atoms with Crippen LogP contribution < -0.4 is 0 Å². The summed E-state index contributed by atoms with van der Waals surface area (Å²) in [5.74, 6) is 0. The van der Waals surface area contributed by atoms with Gasteiger partial charge < -0.3 is 10.0 Å². The van der Waals surface area contributed by atoms with Crippen LogP contribution in [0.3, 0.4) is 0 Å². The first-order valence-corrected chi connectivity index (χ1v) is 3.92. The first-order valence-electron chi connectivity index (χ1n) is 3.92. The monoisotopic (exact) mass is 156 g/mol. The predicted octanol–water partition coefficient (Wildman–Crippen LogP) is -0.0571. The lowest BCUT2D eigenvalue weighted by atomic mass is 9.89. The Hall–Kier alpha value is -0.410. The number of carbonyl (C=O) groups excluding carboxylic acids is 1. The first-order chi connectivity index (χ1) is 5.16. The third kappa shape index (κ3) is 2.27. The molecule has 11 heavy (non-hydrogen) atoms. The van der Waals surface area contributed by atoms with Crippen molar-refractivity contribution in [1.82, 2.24) is 4.90 Å². The largest absolute Gasteiger partial charge is 0.389 e. The molecule has 0 bridgehead atoms. The van der Waals surface area contributed by atoms with Gasteiger partial charge in [-0.3, -0.25) is 4.79 Å². The van der Waals surface area contributed by atoms with Crippen molar-refractivity contribution >= 4 is 6.29 Å². The zero-order chi connectivity index (χ0) is 8.32. The molecule has 63 valence electrons. The van der Waals surface area contributed by atoms with Gasteiger partial charge in [0.25, 0.3) is 0 Å². The second-order valence-corrected chi connectivity index (χ2v) is 3.35. The van der Waals surface area contributed by atoms with Gasteiger partial charge in [0.15, 0.2) is 0 Å². The number of hydrogen-bond donors (Lipinski definition) is 1. The van der Waals surface area contributed by atoms with Crippen LogP contribution in [0.15, 0.2) is 0 Å². The minimum absolute atomic E-state index is 0.167. The van der Waals surface area contributed by atoms with Gasteiger partial charge in [-0.1, -0.05) is 0 Å². The van der Waals surface area contributed by atoms with E-state index in [9.17, 15) is 9.90 Å². The third-order valence-corrected chi connectivity index (χ3v) is 2.32. The smallest absolute Gasteiger partial charge is 0.201 e. The van der Waals surface area contributed by atoms with E-state index in [1.54, 1.807) is 6.29 Å². The molecule has 1 aliphatic heterocycles. The maximum atomic E-state index is 10.1. The summed E-state index contributed by atoms with van der Waals surface area (Å²) in [6.45, 7) is 1.75. The normalized spacial score (nSPS) is 24.9. The minimum Gasteiger partial charge on any atom is -0.389 e. The van der Waals surface area contributed by atoms with Crippen molar-refractivity contribution in [1.29, 1.82) is 0 Å². The number of aliphatic hydroxyl groups is 1.